The summed E-state index contributed by atoms with van der Waals surface area (Å²) in [7, 11) is 0. The molecule has 0 radical (unpaired) electrons. The van der Waals surface area contributed by atoms with Gasteiger partial charge in [0.05, 0.1) is 0 Å². The Labute approximate surface area is 191 Å². The van der Waals surface area contributed by atoms with Gasteiger partial charge >= 0.3 is 0 Å². The van der Waals surface area contributed by atoms with Gasteiger partial charge in [-0.2, -0.15) is 0 Å². The zero-order valence-electron chi connectivity index (χ0n) is 21.5. The molecule has 0 aliphatic carbocycles. The van der Waals surface area contributed by atoms with E-state index in [0.29, 0.717) is 5.75 Å². The summed E-state index contributed by atoms with van der Waals surface area (Å²) in [5.74, 6) is 2.23. The standard InChI is InChI=1S/C29H46O2/c1-20(2)12-9-13-21(3)14-10-15-22(4)16-11-18-29(8)19-17-26-25(7)27(30)23(5)24(6)28(26)31-29/h12,14,22,30H,9-11,13,15-19H2,1-8H3. The van der Waals surface area contributed by atoms with Crippen LogP contribution in [0.5, 0.6) is 11.5 Å². The fourth-order valence-corrected chi connectivity index (χ4v) is 4.74. The van der Waals surface area contributed by atoms with Crippen molar-refractivity contribution in [2.75, 3.05) is 0 Å². The Morgan fingerprint density at radius 1 is 1.03 bits per heavy atom. The van der Waals surface area contributed by atoms with Crippen molar-refractivity contribution >= 4 is 0 Å². The molecule has 2 nitrogen and oxygen atoms in total. The first-order chi connectivity index (χ1) is 14.5. The molecule has 31 heavy (non-hydrogen) atoms. The highest BCUT2D eigenvalue weighted by Crippen LogP contribution is 2.44. The number of aromatic hydroxyl groups is 1. The molecule has 2 rings (SSSR count). The van der Waals surface area contributed by atoms with Crippen LogP contribution in [-0.4, -0.2) is 10.7 Å². The smallest absolute Gasteiger partial charge is 0.127 e. The number of ether oxygens (including phenoxy) is 1. The van der Waals surface area contributed by atoms with E-state index in [2.05, 4.69) is 53.7 Å². The molecule has 0 bridgehead atoms. The lowest BCUT2D eigenvalue weighted by Gasteiger charge is -2.38. The highest BCUT2D eigenvalue weighted by atomic mass is 16.5. The first-order valence-electron chi connectivity index (χ1n) is 12.3. The topological polar surface area (TPSA) is 29.5 Å². The monoisotopic (exact) mass is 426 g/mol. The van der Waals surface area contributed by atoms with Crippen LogP contribution in [0.15, 0.2) is 23.3 Å². The van der Waals surface area contributed by atoms with E-state index < -0.39 is 0 Å². The van der Waals surface area contributed by atoms with E-state index in [1.54, 1.807) is 0 Å². The van der Waals surface area contributed by atoms with Crippen molar-refractivity contribution in [3.63, 3.8) is 0 Å². The summed E-state index contributed by atoms with van der Waals surface area (Å²) in [6.07, 6.45) is 15.2. The van der Waals surface area contributed by atoms with Gasteiger partial charge in [0, 0.05) is 5.56 Å². The molecule has 174 valence electrons. The predicted octanol–water partition coefficient (Wildman–Crippen LogP) is 8.68. The average molecular weight is 427 g/mol. The normalized spacial score (nSPS) is 19.5. The van der Waals surface area contributed by atoms with E-state index in [0.717, 1.165) is 47.6 Å². The molecule has 1 N–H and O–H groups in total. The molecule has 1 aliphatic heterocycles. The largest absolute Gasteiger partial charge is 0.507 e. The predicted molar refractivity (Wildman–Crippen MR) is 134 cm³/mol. The zero-order valence-corrected chi connectivity index (χ0v) is 21.5. The molecule has 1 heterocycles. The summed E-state index contributed by atoms with van der Waals surface area (Å²) in [5.41, 5.74) is 7.12. The number of rotatable bonds is 10. The second-order valence-electron chi connectivity index (χ2n) is 10.5. The summed E-state index contributed by atoms with van der Waals surface area (Å²) in [6.45, 7) is 17.4. The Morgan fingerprint density at radius 3 is 2.42 bits per heavy atom. The third-order valence-electron chi connectivity index (χ3n) is 7.24. The van der Waals surface area contributed by atoms with Gasteiger partial charge in [0.1, 0.15) is 17.1 Å². The van der Waals surface area contributed by atoms with E-state index in [9.17, 15) is 5.11 Å². The maximum absolute atomic E-state index is 10.4. The number of phenols is 1. The van der Waals surface area contributed by atoms with Crippen LogP contribution in [0.3, 0.4) is 0 Å². The molecule has 1 aliphatic rings. The number of hydrogen-bond donors (Lipinski definition) is 1. The Hall–Kier alpha value is -1.70. The van der Waals surface area contributed by atoms with Crippen molar-refractivity contribution in [1.29, 1.82) is 0 Å². The number of hydrogen-bond acceptors (Lipinski definition) is 2. The third-order valence-corrected chi connectivity index (χ3v) is 7.24. The highest BCUT2D eigenvalue weighted by molar-refractivity contribution is 5.58. The molecule has 0 aromatic heterocycles. The molecular weight excluding hydrogens is 380 g/mol. The lowest BCUT2D eigenvalue weighted by Crippen LogP contribution is -2.37. The lowest BCUT2D eigenvalue weighted by molar-refractivity contribution is 0.0512. The van der Waals surface area contributed by atoms with Crippen LogP contribution in [0.4, 0.5) is 0 Å². The first kappa shape index (κ1) is 25.6. The summed E-state index contributed by atoms with van der Waals surface area (Å²) in [5, 5.41) is 10.4. The molecule has 0 saturated carbocycles. The van der Waals surface area contributed by atoms with Gasteiger partial charge in [0.15, 0.2) is 0 Å². The molecule has 0 fully saturated rings. The minimum atomic E-state index is -0.0885. The fraction of sp³-hybridized carbons (Fsp3) is 0.655. The van der Waals surface area contributed by atoms with Crippen molar-refractivity contribution < 1.29 is 9.84 Å². The van der Waals surface area contributed by atoms with E-state index in [4.69, 9.17) is 4.74 Å². The molecule has 2 unspecified atom stereocenters. The number of allylic oxidation sites excluding steroid dienone is 4. The molecule has 2 heteroatoms. The Kier molecular flexibility index (Phi) is 9.28. The van der Waals surface area contributed by atoms with Crippen LogP contribution >= 0.6 is 0 Å². The summed E-state index contributed by atoms with van der Waals surface area (Å²) in [4.78, 5) is 0. The van der Waals surface area contributed by atoms with Crippen molar-refractivity contribution in [1.82, 2.24) is 0 Å². The van der Waals surface area contributed by atoms with Crippen LogP contribution in [0.1, 0.15) is 108 Å². The highest BCUT2D eigenvalue weighted by Gasteiger charge is 2.34. The number of phenolic OH excluding ortho intramolecular Hbond substituents is 1. The van der Waals surface area contributed by atoms with Crippen molar-refractivity contribution in [3.8, 4) is 11.5 Å². The van der Waals surface area contributed by atoms with E-state index >= 15 is 0 Å². The third kappa shape index (κ3) is 7.16. The molecule has 0 spiro atoms. The van der Waals surface area contributed by atoms with E-state index in [1.807, 2.05) is 13.8 Å². The van der Waals surface area contributed by atoms with Gasteiger partial charge in [-0.15, -0.1) is 0 Å². The lowest BCUT2D eigenvalue weighted by atomic mass is 9.84. The van der Waals surface area contributed by atoms with Crippen LogP contribution in [-0.2, 0) is 6.42 Å². The SMILES string of the molecule is CC(C)=CCCC(C)=CCCC(C)CCCC1(C)CCc2c(C)c(O)c(C)c(C)c2O1. The fourth-order valence-electron chi connectivity index (χ4n) is 4.74. The molecule has 1 aromatic carbocycles. The van der Waals surface area contributed by atoms with Gasteiger partial charge in [-0.25, -0.2) is 0 Å². The minimum Gasteiger partial charge on any atom is -0.507 e. The quantitative estimate of drug-likeness (QED) is 0.379. The van der Waals surface area contributed by atoms with Gasteiger partial charge in [-0.3, -0.25) is 0 Å². The van der Waals surface area contributed by atoms with Gasteiger partial charge in [0.2, 0.25) is 0 Å². The van der Waals surface area contributed by atoms with Gasteiger partial charge in [0.25, 0.3) is 0 Å². The van der Waals surface area contributed by atoms with Gasteiger partial charge in [-0.05, 0) is 122 Å². The second kappa shape index (κ2) is 11.2. The molecule has 2 atom stereocenters. The van der Waals surface area contributed by atoms with Crippen LogP contribution in [0.2, 0.25) is 0 Å². The van der Waals surface area contributed by atoms with E-state index in [-0.39, 0.29) is 5.60 Å². The zero-order chi connectivity index (χ0) is 23.2. The Bertz CT molecular complexity index is 811. The maximum atomic E-state index is 10.4. The maximum Gasteiger partial charge on any atom is 0.127 e. The van der Waals surface area contributed by atoms with Crippen molar-refractivity contribution in [2.45, 2.75) is 119 Å². The number of benzene rings is 1. The molecular formula is C29H46O2. The van der Waals surface area contributed by atoms with Crippen LogP contribution in [0.25, 0.3) is 0 Å². The van der Waals surface area contributed by atoms with Crippen LogP contribution < -0.4 is 4.74 Å². The average Bonchev–Trinajstić information content (AvgIpc) is 2.70. The van der Waals surface area contributed by atoms with Gasteiger partial charge < -0.3 is 9.84 Å². The summed E-state index contributed by atoms with van der Waals surface area (Å²) in [6, 6.07) is 0. The first-order valence-corrected chi connectivity index (χ1v) is 12.3. The van der Waals surface area contributed by atoms with Crippen molar-refractivity contribution in [2.24, 2.45) is 5.92 Å². The summed E-state index contributed by atoms with van der Waals surface area (Å²) >= 11 is 0. The van der Waals surface area contributed by atoms with Gasteiger partial charge in [-0.1, -0.05) is 36.6 Å². The minimum absolute atomic E-state index is 0.0885. The second-order valence-corrected chi connectivity index (χ2v) is 10.5. The van der Waals surface area contributed by atoms with Crippen LogP contribution in [0, 0.1) is 26.7 Å². The molecule has 1 aromatic rings. The number of fused-ring (bicyclic) bond motifs is 1. The Morgan fingerprint density at radius 2 is 1.74 bits per heavy atom. The summed E-state index contributed by atoms with van der Waals surface area (Å²) < 4.78 is 6.59. The molecule has 0 amide bonds. The molecule has 0 saturated heterocycles. The van der Waals surface area contributed by atoms with E-state index in [1.165, 1.54) is 55.2 Å². The van der Waals surface area contributed by atoms with Crippen molar-refractivity contribution in [3.05, 3.63) is 45.6 Å². The Balaban J connectivity index is 1.80.